The third kappa shape index (κ3) is 2.10. The molecule has 0 spiro atoms. The molecule has 102 valence electrons. The van der Waals surface area contributed by atoms with E-state index >= 15 is 0 Å². The number of anilines is 1. The van der Waals surface area contributed by atoms with E-state index < -0.39 is 12.0 Å². The first kappa shape index (κ1) is 12.5. The molecule has 0 radical (unpaired) electrons. The molecule has 7 nitrogen and oxygen atoms in total. The first-order valence-electron chi connectivity index (χ1n) is 5.82. The summed E-state index contributed by atoms with van der Waals surface area (Å²) in [4.78, 5) is 20.4. The minimum absolute atomic E-state index is 0.462. The Morgan fingerprint density at radius 3 is 3.05 bits per heavy atom. The number of carbonyl (C=O) groups is 1. The smallest absolute Gasteiger partial charge is 0.331 e. The van der Waals surface area contributed by atoms with Crippen molar-refractivity contribution >= 4 is 34.2 Å². The lowest BCUT2D eigenvalue weighted by atomic mass is 10.2. The monoisotopic (exact) mass is 289 g/mol. The zero-order valence-corrected chi connectivity index (χ0v) is 11.3. The van der Waals surface area contributed by atoms with Gasteiger partial charge in [-0.25, -0.2) is 14.8 Å². The van der Waals surface area contributed by atoms with E-state index in [1.165, 1.54) is 17.7 Å². The average molecular weight is 289 g/mol. The van der Waals surface area contributed by atoms with Crippen LogP contribution in [0.25, 0.3) is 11.0 Å². The van der Waals surface area contributed by atoms with Crippen molar-refractivity contribution in [1.82, 2.24) is 19.7 Å². The van der Waals surface area contributed by atoms with Crippen LogP contribution in [0, 0.1) is 0 Å². The number of rotatable bonds is 4. The number of nitrogens with one attached hydrogen (secondary N) is 1. The fourth-order valence-electron chi connectivity index (χ4n) is 1.92. The summed E-state index contributed by atoms with van der Waals surface area (Å²) in [5.74, 6) is -0.494. The molecule has 3 aromatic rings. The highest BCUT2D eigenvalue weighted by Crippen LogP contribution is 2.26. The highest BCUT2D eigenvalue weighted by molar-refractivity contribution is 7.10. The van der Waals surface area contributed by atoms with Crippen molar-refractivity contribution in [2.45, 2.75) is 6.04 Å². The van der Waals surface area contributed by atoms with E-state index in [1.807, 2.05) is 11.4 Å². The summed E-state index contributed by atoms with van der Waals surface area (Å²) < 4.78 is 1.61. The fourth-order valence-corrected chi connectivity index (χ4v) is 2.69. The van der Waals surface area contributed by atoms with E-state index in [1.54, 1.807) is 24.0 Å². The molecule has 0 amide bonds. The molecule has 0 fully saturated rings. The SMILES string of the molecule is Cn1ncc2c(NC(C(=O)O)c3cccs3)ncnc21. The summed E-state index contributed by atoms with van der Waals surface area (Å²) in [6.07, 6.45) is 3.00. The second kappa shape index (κ2) is 4.89. The van der Waals surface area contributed by atoms with Gasteiger partial charge in [0, 0.05) is 11.9 Å². The maximum atomic E-state index is 11.4. The minimum Gasteiger partial charge on any atom is -0.479 e. The van der Waals surface area contributed by atoms with Crippen LogP contribution in [0.1, 0.15) is 10.9 Å². The third-order valence-corrected chi connectivity index (χ3v) is 3.82. The van der Waals surface area contributed by atoms with Gasteiger partial charge in [0.15, 0.2) is 11.7 Å². The highest BCUT2D eigenvalue weighted by Gasteiger charge is 2.22. The topological polar surface area (TPSA) is 92.9 Å². The quantitative estimate of drug-likeness (QED) is 0.759. The maximum absolute atomic E-state index is 11.4. The van der Waals surface area contributed by atoms with Crippen molar-refractivity contribution in [2.24, 2.45) is 7.05 Å². The number of carboxylic acids is 1. The van der Waals surface area contributed by atoms with Gasteiger partial charge in [0.25, 0.3) is 0 Å². The van der Waals surface area contributed by atoms with Crippen LogP contribution in [0.5, 0.6) is 0 Å². The first-order valence-corrected chi connectivity index (χ1v) is 6.70. The zero-order valence-electron chi connectivity index (χ0n) is 10.5. The Labute approximate surface area is 117 Å². The van der Waals surface area contributed by atoms with Gasteiger partial charge in [-0.2, -0.15) is 5.10 Å². The Morgan fingerprint density at radius 2 is 2.35 bits per heavy atom. The summed E-state index contributed by atoms with van der Waals surface area (Å²) in [5.41, 5.74) is 0.651. The molecule has 3 rings (SSSR count). The zero-order chi connectivity index (χ0) is 14.1. The molecule has 2 N–H and O–H groups in total. The molecule has 1 atom stereocenters. The van der Waals surface area contributed by atoms with Gasteiger partial charge in [0.05, 0.1) is 11.6 Å². The van der Waals surface area contributed by atoms with Crippen molar-refractivity contribution in [3.63, 3.8) is 0 Å². The molecule has 0 aliphatic rings. The van der Waals surface area contributed by atoms with Crippen molar-refractivity contribution in [3.05, 3.63) is 34.9 Å². The molecule has 0 aromatic carbocycles. The van der Waals surface area contributed by atoms with Crippen LogP contribution in [0.4, 0.5) is 5.82 Å². The van der Waals surface area contributed by atoms with Gasteiger partial charge in [0.1, 0.15) is 12.1 Å². The number of nitrogens with zero attached hydrogens (tertiary/aromatic N) is 4. The predicted molar refractivity (Wildman–Crippen MR) is 74.6 cm³/mol. The number of fused-ring (bicyclic) bond motifs is 1. The standard InChI is InChI=1S/C12H11N5O2S/c1-17-11-7(5-15-17)10(13-6-14-11)16-9(12(18)19)8-3-2-4-20-8/h2-6,9H,1H3,(H,18,19)(H,13,14,16). The van der Waals surface area contributed by atoms with E-state index in [-0.39, 0.29) is 0 Å². The van der Waals surface area contributed by atoms with Crippen LogP contribution in [0.2, 0.25) is 0 Å². The summed E-state index contributed by atoms with van der Waals surface area (Å²) in [6, 6.07) is 2.75. The number of aromatic nitrogens is 4. The molecule has 3 heterocycles. The number of aryl methyl sites for hydroxylation is 1. The van der Waals surface area contributed by atoms with Gasteiger partial charge in [-0.15, -0.1) is 11.3 Å². The van der Waals surface area contributed by atoms with E-state index in [4.69, 9.17) is 0 Å². The summed E-state index contributed by atoms with van der Waals surface area (Å²) in [6.45, 7) is 0. The number of thiophene rings is 1. The number of aliphatic carboxylic acids is 1. The average Bonchev–Trinajstić information content (AvgIpc) is 3.06. The molecule has 0 aliphatic heterocycles. The van der Waals surface area contributed by atoms with Crippen LogP contribution in [0.15, 0.2) is 30.0 Å². The normalized spacial score (nSPS) is 12.4. The Hall–Kier alpha value is -2.48. The van der Waals surface area contributed by atoms with Gasteiger partial charge in [0.2, 0.25) is 0 Å². The molecule has 0 saturated heterocycles. The highest BCUT2D eigenvalue weighted by atomic mass is 32.1. The van der Waals surface area contributed by atoms with Crippen LogP contribution in [-0.4, -0.2) is 30.8 Å². The molecular formula is C12H11N5O2S. The largest absolute Gasteiger partial charge is 0.479 e. The number of hydrogen-bond acceptors (Lipinski definition) is 6. The van der Waals surface area contributed by atoms with Crippen LogP contribution in [-0.2, 0) is 11.8 Å². The van der Waals surface area contributed by atoms with E-state index in [0.717, 1.165) is 0 Å². The summed E-state index contributed by atoms with van der Waals surface area (Å²) >= 11 is 1.38. The van der Waals surface area contributed by atoms with E-state index in [9.17, 15) is 9.90 Å². The van der Waals surface area contributed by atoms with E-state index in [2.05, 4.69) is 20.4 Å². The van der Waals surface area contributed by atoms with Crippen LogP contribution in [0.3, 0.4) is 0 Å². The predicted octanol–water partition coefficient (Wildman–Crippen LogP) is 1.66. The minimum atomic E-state index is -0.955. The van der Waals surface area contributed by atoms with Crippen molar-refractivity contribution in [3.8, 4) is 0 Å². The second-order valence-corrected chi connectivity index (χ2v) is 5.14. The molecule has 8 heteroatoms. The molecule has 1 unspecified atom stereocenters. The molecular weight excluding hydrogens is 278 g/mol. The Balaban J connectivity index is 2.01. The molecule has 3 aromatic heterocycles. The molecule has 0 aliphatic carbocycles. The van der Waals surface area contributed by atoms with Gasteiger partial charge in [-0.3, -0.25) is 4.68 Å². The fraction of sp³-hybridized carbons (Fsp3) is 0.167. The second-order valence-electron chi connectivity index (χ2n) is 4.16. The van der Waals surface area contributed by atoms with Crippen LogP contribution >= 0.6 is 11.3 Å². The third-order valence-electron chi connectivity index (χ3n) is 2.89. The lowest BCUT2D eigenvalue weighted by molar-refractivity contribution is -0.138. The maximum Gasteiger partial charge on any atom is 0.331 e. The summed E-state index contributed by atoms with van der Waals surface area (Å²) in [7, 11) is 1.77. The Bertz CT molecular complexity index is 752. The lowest BCUT2D eigenvalue weighted by Crippen LogP contribution is -2.20. The van der Waals surface area contributed by atoms with Crippen molar-refractivity contribution in [2.75, 3.05) is 5.32 Å². The van der Waals surface area contributed by atoms with Gasteiger partial charge < -0.3 is 10.4 Å². The van der Waals surface area contributed by atoms with Crippen molar-refractivity contribution < 1.29 is 9.90 Å². The van der Waals surface area contributed by atoms with Crippen LogP contribution < -0.4 is 5.32 Å². The van der Waals surface area contributed by atoms with Gasteiger partial charge >= 0.3 is 5.97 Å². The molecule has 0 saturated carbocycles. The van der Waals surface area contributed by atoms with E-state index in [0.29, 0.717) is 21.7 Å². The van der Waals surface area contributed by atoms with Gasteiger partial charge in [-0.05, 0) is 11.4 Å². The van der Waals surface area contributed by atoms with Crippen molar-refractivity contribution in [1.29, 1.82) is 0 Å². The first-order chi connectivity index (χ1) is 9.66. The molecule has 0 bridgehead atoms. The Kier molecular flexibility index (Phi) is 3.07. The Morgan fingerprint density at radius 1 is 1.50 bits per heavy atom. The number of hydrogen-bond donors (Lipinski definition) is 2. The number of carboxylic acid groups (broad SMARTS) is 1. The lowest BCUT2D eigenvalue weighted by Gasteiger charge is -2.13. The summed E-state index contributed by atoms with van der Waals surface area (Å²) in [5, 5.41) is 18.9. The molecule has 20 heavy (non-hydrogen) atoms. The van der Waals surface area contributed by atoms with Gasteiger partial charge in [-0.1, -0.05) is 6.07 Å².